The van der Waals surface area contributed by atoms with E-state index in [9.17, 15) is 20.2 Å². The molecule has 0 aromatic rings. The fourth-order valence-corrected chi connectivity index (χ4v) is 1.38. The smallest absolute Gasteiger partial charge is 0.294 e. The lowest BCUT2D eigenvalue weighted by atomic mass is 10.3. The summed E-state index contributed by atoms with van der Waals surface area (Å²) < 4.78 is 0. The molecule has 1 aliphatic rings. The molecule has 1 saturated carbocycles. The molecule has 80 valence electrons. The lowest BCUT2D eigenvalue weighted by Gasteiger charge is -2.14. The predicted molar refractivity (Wildman–Crippen MR) is 39.0 cm³/mol. The Morgan fingerprint density at radius 3 is 1.71 bits per heavy atom. The summed E-state index contributed by atoms with van der Waals surface area (Å²) in [6.07, 6.45) is -3.11. The Bertz CT molecular complexity index is 220. The summed E-state index contributed by atoms with van der Waals surface area (Å²) in [7, 11) is 0. The fourth-order valence-electron chi connectivity index (χ4n) is 1.38. The van der Waals surface area contributed by atoms with Crippen LogP contribution in [-0.2, 0) is 9.68 Å². The second-order valence-corrected chi connectivity index (χ2v) is 2.86. The topological polar surface area (TPSA) is 125 Å². The number of aliphatic hydroxyl groups is 1. The Balaban J connectivity index is 2.53. The van der Waals surface area contributed by atoms with Gasteiger partial charge in [-0.25, -0.2) is 0 Å². The first-order valence-electron chi connectivity index (χ1n) is 3.79. The molecule has 1 fully saturated rings. The molecule has 0 bridgehead atoms. The summed E-state index contributed by atoms with van der Waals surface area (Å²) >= 11 is 0. The minimum Gasteiger partial charge on any atom is -0.393 e. The molecule has 0 aliphatic heterocycles. The third kappa shape index (κ3) is 2.69. The van der Waals surface area contributed by atoms with Crippen molar-refractivity contribution in [1.82, 2.24) is 0 Å². The van der Waals surface area contributed by atoms with E-state index in [1.165, 1.54) is 0 Å². The van der Waals surface area contributed by atoms with Gasteiger partial charge in [-0.15, -0.1) is 20.2 Å². The van der Waals surface area contributed by atoms with Gasteiger partial charge >= 0.3 is 0 Å². The van der Waals surface area contributed by atoms with Crippen LogP contribution in [-0.4, -0.2) is 33.6 Å². The highest BCUT2D eigenvalue weighted by molar-refractivity contribution is 4.83. The summed E-state index contributed by atoms with van der Waals surface area (Å²) in [5.41, 5.74) is 0. The molecular formula is C5H8N2O7. The standard InChI is InChI=1S/C5H8N2O7/c8-3-1-4(13-6(9)10)5(2-3)14-7(11)12/h3-5,8H,1-2H2/t3?,4-,5?/m1/s1. The molecule has 1 rings (SSSR count). The summed E-state index contributed by atoms with van der Waals surface area (Å²) in [5, 5.41) is 26.9. The predicted octanol–water partition coefficient (Wildman–Crippen LogP) is -0.705. The minimum absolute atomic E-state index is 0.0422. The van der Waals surface area contributed by atoms with Crippen LogP contribution in [0.5, 0.6) is 0 Å². The molecule has 1 aliphatic carbocycles. The van der Waals surface area contributed by atoms with E-state index in [1.807, 2.05) is 0 Å². The van der Waals surface area contributed by atoms with Gasteiger partial charge < -0.3 is 14.8 Å². The average molecular weight is 208 g/mol. The maximum atomic E-state index is 9.97. The highest BCUT2D eigenvalue weighted by atomic mass is 17.0. The Labute approximate surface area is 77.4 Å². The van der Waals surface area contributed by atoms with Crippen molar-refractivity contribution in [2.75, 3.05) is 0 Å². The van der Waals surface area contributed by atoms with Crippen LogP contribution in [0.15, 0.2) is 0 Å². The van der Waals surface area contributed by atoms with Gasteiger partial charge in [-0.2, -0.15) is 0 Å². The Morgan fingerprint density at radius 2 is 1.43 bits per heavy atom. The number of hydrogen-bond donors (Lipinski definition) is 1. The second kappa shape index (κ2) is 4.05. The third-order valence-corrected chi connectivity index (χ3v) is 1.87. The molecule has 0 aromatic heterocycles. The molecule has 3 atom stereocenters. The highest BCUT2D eigenvalue weighted by Crippen LogP contribution is 2.25. The van der Waals surface area contributed by atoms with Crippen molar-refractivity contribution >= 4 is 0 Å². The first kappa shape index (κ1) is 10.4. The van der Waals surface area contributed by atoms with Crippen LogP contribution in [0.2, 0.25) is 0 Å². The van der Waals surface area contributed by atoms with Gasteiger partial charge in [0.25, 0.3) is 10.2 Å². The Kier molecular flexibility index (Phi) is 3.02. The number of aliphatic hydroxyl groups excluding tert-OH is 1. The van der Waals surface area contributed by atoms with Crippen molar-refractivity contribution in [2.24, 2.45) is 0 Å². The first-order chi connectivity index (χ1) is 6.49. The van der Waals surface area contributed by atoms with Gasteiger partial charge in [0.1, 0.15) is 12.2 Å². The first-order valence-corrected chi connectivity index (χ1v) is 3.79. The Hall–Kier alpha value is -1.64. The summed E-state index contributed by atoms with van der Waals surface area (Å²) in [6.45, 7) is 0. The molecule has 0 spiro atoms. The van der Waals surface area contributed by atoms with E-state index in [0.717, 1.165) is 0 Å². The molecule has 14 heavy (non-hydrogen) atoms. The van der Waals surface area contributed by atoms with E-state index in [0.29, 0.717) is 0 Å². The fraction of sp³-hybridized carbons (Fsp3) is 1.00. The molecule has 9 heteroatoms. The van der Waals surface area contributed by atoms with Crippen molar-refractivity contribution < 1.29 is 25.0 Å². The summed E-state index contributed by atoms with van der Waals surface area (Å²) in [4.78, 5) is 28.2. The van der Waals surface area contributed by atoms with E-state index < -0.39 is 28.5 Å². The van der Waals surface area contributed by atoms with Gasteiger partial charge in [0, 0.05) is 12.8 Å². The second-order valence-electron chi connectivity index (χ2n) is 2.86. The molecule has 1 N–H and O–H groups in total. The van der Waals surface area contributed by atoms with E-state index in [-0.39, 0.29) is 12.8 Å². The Morgan fingerprint density at radius 1 is 1.07 bits per heavy atom. The molecule has 0 heterocycles. The quantitative estimate of drug-likeness (QED) is 0.477. The SMILES string of the molecule is O=[N+]([O-])OC1CC(O)C[C@H]1O[N+](=O)[O-]. The van der Waals surface area contributed by atoms with Gasteiger partial charge in [0.15, 0.2) is 0 Å². The van der Waals surface area contributed by atoms with Crippen LogP contribution in [0.4, 0.5) is 0 Å². The van der Waals surface area contributed by atoms with Gasteiger partial charge in [0.2, 0.25) is 0 Å². The molecule has 9 nitrogen and oxygen atoms in total. The molecule has 0 saturated heterocycles. The molecule has 0 amide bonds. The number of rotatable bonds is 4. The largest absolute Gasteiger partial charge is 0.393 e. The van der Waals surface area contributed by atoms with Gasteiger partial charge in [-0.3, -0.25) is 0 Å². The van der Waals surface area contributed by atoms with Gasteiger partial charge in [0.05, 0.1) is 6.10 Å². The van der Waals surface area contributed by atoms with Crippen molar-refractivity contribution in [3.05, 3.63) is 20.2 Å². The zero-order valence-electron chi connectivity index (χ0n) is 6.94. The van der Waals surface area contributed by atoms with E-state index in [1.54, 1.807) is 0 Å². The van der Waals surface area contributed by atoms with Crippen molar-refractivity contribution in [2.45, 2.75) is 31.2 Å². The lowest BCUT2D eigenvalue weighted by Crippen LogP contribution is -2.30. The van der Waals surface area contributed by atoms with Crippen molar-refractivity contribution in [1.29, 1.82) is 0 Å². The average Bonchev–Trinajstić information content (AvgIpc) is 2.28. The third-order valence-electron chi connectivity index (χ3n) is 1.87. The maximum absolute atomic E-state index is 9.97. The molecule has 0 aromatic carbocycles. The van der Waals surface area contributed by atoms with Crippen LogP contribution >= 0.6 is 0 Å². The minimum atomic E-state index is -1.08. The van der Waals surface area contributed by atoms with E-state index in [2.05, 4.69) is 9.68 Å². The lowest BCUT2D eigenvalue weighted by molar-refractivity contribution is -0.797. The van der Waals surface area contributed by atoms with Crippen LogP contribution in [0.25, 0.3) is 0 Å². The zero-order chi connectivity index (χ0) is 10.7. The zero-order valence-corrected chi connectivity index (χ0v) is 6.94. The molecule has 0 radical (unpaired) electrons. The molecular weight excluding hydrogens is 200 g/mol. The van der Waals surface area contributed by atoms with Gasteiger partial charge in [-0.1, -0.05) is 0 Å². The molecule has 2 unspecified atom stereocenters. The van der Waals surface area contributed by atoms with E-state index >= 15 is 0 Å². The van der Waals surface area contributed by atoms with E-state index in [4.69, 9.17) is 5.11 Å². The highest BCUT2D eigenvalue weighted by Gasteiger charge is 2.38. The summed E-state index contributed by atoms with van der Waals surface area (Å²) in [5.74, 6) is 0. The summed E-state index contributed by atoms with van der Waals surface area (Å²) in [6, 6.07) is 0. The van der Waals surface area contributed by atoms with Crippen LogP contribution in [0, 0.1) is 20.2 Å². The van der Waals surface area contributed by atoms with Crippen LogP contribution < -0.4 is 0 Å². The van der Waals surface area contributed by atoms with Crippen molar-refractivity contribution in [3.63, 3.8) is 0 Å². The monoisotopic (exact) mass is 208 g/mol. The van der Waals surface area contributed by atoms with Crippen LogP contribution in [0.1, 0.15) is 12.8 Å². The normalized spacial score (nSPS) is 31.1. The van der Waals surface area contributed by atoms with Crippen molar-refractivity contribution in [3.8, 4) is 0 Å². The number of hydrogen-bond acceptors (Lipinski definition) is 7. The van der Waals surface area contributed by atoms with Gasteiger partial charge in [-0.05, 0) is 0 Å². The number of nitrogens with zero attached hydrogens (tertiary/aromatic N) is 2. The maximum Gasteiger partial charge on any atom is 0.294 e. The van der Waals surface area contributed by atoms with Crippen LogP contribution in [0.3, 0.4) is 0 Å².